The van der Waals surface area contributed by atoms with Gasteiger partial charge in [0.05, 0.1) is 29.1 Å². The first-order valence-corrected chi connectivity index (χ1v) is 8.16. The molecule has 7 nitrogen and oxygen atoms in total. The lowest BCUT2D eigenvalue weighted by molar-refractivity contribution is -0.147. The molecule has 0 saturated heterocycles. The number of carbonyl (C=O) groups excluding carboxylic acids is 1. The third-order valence-electron chi connectivity index (χ3n) is 4.14. The zero-order valence-electron chi connectivity index (χ0n) is 14.7. The van der Waals surface area contributed by atoms with E-state index in [1.54, 1.807) is 25.5 Å². The van der Waals surface area contributed by atoms with E-state index in [1.165, 1.54) is 0 Å². The molecule has 0 N–H and O–H groups in total. The lowest BCUT2D eigenvalue weighted by Crippen LogP contribution is -2.32. The Morgan fingerprint density at radius 2 is 1.88 bits per heavy atom. The minimum absolute atomic E-state index is 0.251. The minimum atomic E-state index is -0.808. The fourth-order valence-electron chi connectivity index (χ4n) is 2.90. The van der Waals surface area contributed by atoms with E-state index in [0.717, 1.165) is 16.1 Å². The van der Waals surface area contributed by atoms with Crippen molar-refractivity contribution in [3.05, 3.63) is 52.1 Å². The predicted octanol–water partition coefficient (Wildman–Crippen LogP) is 2.32. The van der Waals surface area contributed by atoms with Crippen molar-refractivity contribution in [2.24, 2.45) is 0 Å². The first-order chi connectivity index (χ1) is 12.0. The Morgan fingerprint density at radius 3 is 2.52 bits per heavy atom. The van der Waals surface area contributed by atoms with Crippen LogP contribution in [0.1, 0.15) is 31.3 Å². The average molecular weight is 340 g/mol. The number of esters is 1. The molecule has 0 fully saturated rings. The SMILES string of the molecule is CCOC(=O)[C@@H](C)n1nc(C)c2c(C)n(-c3ccccc3)nc2c1=O. The number of carbonyl (C=O) groups is 1. The second-order valence-electron chi connectivity index (χ2n) is 5.82. The number of rotatable bonds is 4. The van der Waals surface area contributed by atoms with Gasteiger partial charge in [0.1, 0.15) is 0 Å². The molecule has 0 aliphatic carbocycles. The molecule has 0 spiro atoms. The van der Waals surface area contributed by atoms with Crippen LogP contribution in [0.3, 0.4) is 0 Å². The van der Waals surface area contributed by atoms with Gasteiger partial charge in [-0.2, -0.15) is 10.2 Å². The maximum absolute atomic E-state index is 12.8. The second-order valence-corrected chi connectivity index (χ2v) is 5.82. The summed E-state index contributed by atoms with van der Waals surface area (Å²) < 4.78 is 7.87. The lowest BCUT2D eigenvalue weighted by atomic mass is 10.2. The third-order valence-corrected chi connectivity index (χ3v) is 4.14. The Bertz CT molecular complexity index is 989. The van der Waals surface area contributed by atoms with E-state index >= 15 is 0 Å². The van der Waals surface area contributed by atoms with Gasteiger partial charge in [0.25, 0.3) is 5.56 Å². The molecule has 0 aliphatic rings. The van der Waals surface area contributed by atoms with E-state index in [-0.39, 0.29) is 6.61 Å². The number of hydrogen-bond acceptors (Lipinski definition) is 5. The van der Waals surface area contributed by atoms with Crippen LogP contribution < -0.4 is 5.56 Å². The van der Waals surface area contributed by atoms with E-state index in [2.05, 4.69) is 10.2 Å². The summed E-state index contributed by atoms with van der Waals surface area (Å²) >= 11 is 0. The Kier molecular flexibility index (Phi) is 4.39. The molecule has 130 valence electrons. The van der Waals surface area contributed by atoms with Crippen molar-refractivity contribution in [1.82, 2.24) is 19.6 Å². The highest BCUT2D eigenvalue weighted by molar-refractivity contribution is 5.83. The summed E-state index contributed by atoms with van der Waals surface area (Å²) in [6.07, 6.45) is 0. The van der Waals surface area contributed by atoms with E-state index in [9.17, 15) is 9.59 Å². The molecule has 0 bridgehead atoms. The fraction of sp³-hybridized carbons (Fsp3) is 0.333. The largest absolute Gasteiger partial charge is 0.464 e. The normalized spacial score (nSPS) is 12.3. The van der Waals surface area contributed by atoms with Crippen molar-refractivity contribution in [1.29, 1.82) is 0 Å². The van der Waals surface area contributed by atoms with Gasteiger partial charge in [-0.3, -0.25) is 4.79 Å². The predicted molar refractivity (Wildman–Crippen MR) is 93.9 cm³/mol. The molecule has 3 aromatic rings. The molecular weight excluding hydrogens is 320 g/mol. The maximum Gasteiger partial charge on any atom is 0.330 e. The van der Waals surface area contributed by atoms with Gasteiger partial charge < -0.3 is 4.74 Å². The Labute approximate surface area is 144 Å². The number of ether oxygens (including phenoxy) is 1. The van der Waals surface area contributed by atoms with E-state index < -0.39 is 17.6 Å². The van der Waals surface area contributed by atoms with Crippen LogP contribution in [0.2, 0.25) is 0 Å². The second kappa shape index (κ2) is 6.51. The van der Waals surface area contributed by atoms with Crippen molar-refractivity contribution in [2.45, 2.75) is 33.7 Å². The summed E-state index contributed by atoms with van der Waals surface area (Å²) in [5.74, 6) is -0.491. The Morgan fingerprint density at radius 1 is 1.20 bits per heavy atom. The van der Waals surface area contributed by atoms with Crippen LogP contribution in [-0.2, 0) is 9.53 Å². The van der Waals surface area contributed by atoms with Gasteiger partial charge in [-0.15, -0.1) is 0 Å². The van der Waals surface area contributed by atoms with Crippen LogP contribution in [0.15, 0.2) is 35.1 Å². The highest BCUT2D eigenvalue weighted by Gasteiger charge is 2.23. The fourth-order valence-corrected chi connectivity index (χ4v) is 2.90. The first-order valence-electron chi connectivity index (χ1n) is 8.16. The zero-order chi connectivity index (χ0) is 18.1. The number of fused-ring (bicyclic) bond motifs is 1. The van der Waals surface area contributed by atoms with Gasteiger partial charge in [-0.05, 0) is 39.8 Å². The van der Waals surface area contributed by atoms with Gasteiger partial charge in [0.2, 0.25) is 0 Å². The summed E-state index contributed by atoms with van der Waals surface area (Å²) in [6.45, 7) is 7.27. The highest BCUT2D eigenvalue weighted by atomic mass is 16.5. The van der Waals surface area contributed by atoms with Crippen LogP contribution >= 0.6 is 0 Å². The average Bonchev–Trinajstić information content (AvgIpc) is 2.97. The molecular formula is C18H20N4O3. The molecule has 0 unspecified atom stereocenters. The number of aromatic nitrogens is 4. The van der Waals surface area contributed by atoms with Crippen molar-refractivity contribution in [2.75, 3.05) is 6.61 Å². The maximum atomic E-state index is 12.8. The zero-order valence-corrected chi connectivity index (χ0v) is 14.7. The molecule has 0 amide bonds. The quantitative estimate of drug-likeness (QED) is 0.681. The number of hydrogen-bond donors (Lipinski definition) is 0. The van der Waals surface area contributed by atoms with E-state index in [1.807, 2.05) is 37.3 Å². The van der Waals surface area contributed by atoms with Gasteiger partial charge in [0.15, 0.2) is 11.6 Å². The summed E-state index contributed by atoms with van der Waals surface area (Å²) in [4.78, 5) is 24.8. The summed E-state index contributed by atoms with van der Waals surface area (Å²) in [5, 5.41) is 9.51. The van der Waals surface area contributed by atoms with Gasteiger partial charge in [-0.1, -0.05) is 18.2 Å². The first kappa shape index (κ1) is 16.9. The molecule has 2 aromatic heterocycles. The monoisotopic (exact) mass is 340 g/mol. The van der Waals surface area contributed by atoms with Crippen LogP contribution in [-0.4, -0.2) is 32.1 Å². The van der Waals surface area contributed by atoms with E-state index in [4.69, 9.17) is 4.74 Å². The van der Waals surface area contributed by atoms with Crippen LogP contribution in [0.4, 0.5) is 0 Å². The Hall–Kier alpha value is -2.96. The molecule has 2 heterocycles. The molecule has 1 atom stereocenters. The third kappa shape index (κ3) is 2.82. The molecule has 25 heavy (non-hydrogen) atoms. The van der Waals surface area contributed by atoms with Crippen molar-refractivity contribution >= 4 is 16.9 Å². The number of nitrogens with zero attached hydrogens (tertiary/aromatic N) is 4. The molecule has 3 rings (SSSR count). The number of benzene rings is 1. The van der Waals surface area contributed by atoms with E-state index in [0.29, 0.717) is 16.6 Å². The molecule has 0 radical (unpaired) electrons. The van der Waals surface area contributed by atoms with Gasteiger partial charge >= 0.3 is 5.97 Å². The summed E-state index contributed by atoms with van der Waals surface area (Å²) in [6, 6.07) is 8.77. The van der Waals surface area contributed by atoms with Crippen molar-refractivity contribution < 1.29 is 9.53 Å². The van der Waals surface area contributed by atoms with Crippen LogP contribution in [0.25, 0.3) is 16.6 Å². The molecule has 0 aliphatic heterocycles. The van der Waals surface area contributed by atoms with Gasteiger partial charge in [-0.25, -0.2) is 14.2 Å². The van der Waals surface area contributed by atoms with Crippen molar-refractivity contribution in [3.8, 4) is 5.69 Å². The number of para-hydroxylation sites is 1. The smallest absolute Gasteiger partial charge is 0.330 e. The number of aryl methyl sites for hydroxylation is 2. The van der Waals surface area contributed by atoms with Crippen LogP contribution in [0, 0.1) is 13.8 Å². The molecule has 7 heteroatoms. The van der Waals surface area contributed by atoms with Gasteiger partial charge in [0, 0.05) is 0 Å². The molecule has 1 aromatic carbocycles. The highest BCUT2D eigenvalue weighted by Crippen LogP contribution is 2.21. The Balaban J connectivity index is 2.21. The molecule has 0 saturated carbocycles. The summed E-state index contributed by atoms with van der Waals surface area (Å²) in [5.41, 5.74) is 2.23. The standard InChI is InChI=1S/C18H20N4O3/c1-5-25-18(24)13(4)22-17(23)16-15(11(2)19-22)12(3)21(20-16)14-9-7-6-8-10-14/h6-10,13H,5H2,1-4H3/t13-/m1/s1. The minimum Gasteiger partial charge on any atom is -0.464 e. The lowest BCUT2D eigenvalue weighted by Gasteiger charge is -2.13. The van der Waals surface area contributed by atoms with Crippen LogP contribution in [0.5, 0.6) is 0 Å². The topological polar surface area (TPSA) is 79.0 Å². The van der Waals surface area contributed by atoms with Crippen molar-refractivity contribution in [3.63, 3.8) is 0 Å². The summed E-state index contributed by atoms with van der Waals surface area (Å²) in [7, 11) is 0.